The third-order valence-corrected chi connectivity index (χ3v) is 2.70. The normalized spacial score (nSPS) is 10.1. The molecule has 2 aromatic carbocycles. The Morgan fingerprint density at radius 2 is 1.95 bits per heavy atom. The second-order valence-electron chi connectivity index (χ2n) is 4.51. The topological polar surface area (TPSA) is 61.5 Å². The molecule has 2 aromatic rings. The lowest BCUT2D eigenvalue weighted by molar-refractivity contribution is -0.147. The summed E-state index contributed by atoms with van der Waals surface area (Å²) < 4.78 is 10.4. The van der Waals surface area contributed by atoms with E-state index in [9.17, 15) is 4.79 Å². The number of esters is 1. The van der Waals surface area contributed by atoms with E-state index in [2.05, 4.69) is 0 Å². The fraction of sp³-hybridized carbons (Fsp3) is 0.188. The van der Waals surface area contributed by atoms with Crippen LogP contribution in [-0.2, 0) is 16.1 Å². The molecule has 0 aliphatic carbocycles. The molecule has 0 heterocycles. The Hall–Kier alpha value is -2.49. The molecule has 104 valence electrons. The lowest BCUT2D eigenvalue weighted by atomic mass is 10.1. The number of rotatable bonds is 5. The van der Waals surface area contributed by atoms with Crippen LogP contribution in [0.1, 0.15) is 11.1 Å². The van der Waals surface area contributed by atoms with Crippen LogP contribution in [0.5, 0.6) is 5.75 Å². The third kappa shape index (κ3) is 4.31. The number of aryl methyl sites for hydroxylation is 1. The highest BCUT2D eigenvalue weighted by atomic mass is 16.6. The van der Waals surface area contributed by atoms with E-state index in [-0.39, 0.29) is 13.2 Å². The maximum Gasteiger partial charge on any atom is 0.344 e. The number of ether oxygens (including phenoxy) is 2. The van der Waals surface area contributed by atoms with E-state index in [0.29, 0.717) is 11.4 Å². The second-order valence-corrected chi connectivity index (χ2v) is 4.51. The number of carbonyl (C=O) groups is 1. The largest absolute Gasteiger partial charge is 0.482 e. The zero-order valence-corrected chi connectivity index (χ0v) is 11.3. The van der Waals surface area contributed by atoms with Gasteiger partial charge in [-0.15, -0.1) is 0 Å². The van der Waals surface area contributed by atoms with E-state index < -0.39 is 5.97 Å². The number of benzene rings is 2. The zero-order valence-electron chi connectivity index (χ0n) is 11.3. The van der Waals surface area contributed by atoms with Gasteiger partial charge in [-0.2, -0.15) is 0 Å². The smallest absolute Gasteiger partial charge is 0.344 e. The summed E-state index contributed by atoms with van der Waals surface area (Å²) in [5, 5.41) is 0. The van der Waals surface area contributed by atoms with E-state index in [1.165, 1.54) is 0 Å². The van der Waals surface area contributed by atoms with Crippen molar-refractivity contribution in [1.29, 1.82) is 0 Å². The van der Waals surface area contributed by atoms with Gasteiger partial charge in [-0.25, -0.2) is 4.79 Å². The van der Waals surface area contributed by atoms with Crippen molar-refractivity contribution in [3.63, 3.8) is 0 Å². The summed E-state index contributed by atoms with van der Waals surface area (Å²) in [7, 11) is 0. The van der Waals surface area contributed by atoms with Crippen LogP contribution in [0.4, 0.5) is 5.69 Å². The number of carbonyl (C=O) groups excluding carboxylic acids is 1. The van der Waals surface area contributed by atoms with Crippen molar-refractivity contribution >= 4 is 11.7 Å². The first-order valence-electron chi connectivity index (χ1n) is 6.33. The number of hydrogen-bond acceptors (Lipinski definition) is 4. The van der Waals surface area contributed by atoms with Gasteiger partial charge in [0.15, 0.2) is 6.61 Å². The number of anilines is 1. The predicted octanol–water partition coefficient (Wildman–Crippen LogP) is 2.70. The van der Waals surface area contributed by atoms with E-state index in [1.807, 2.05) is 31.2 Å². The minimum atomic E-state index is -0.408. The first-order valence-corrected chi connectivity index (χ1v) is 6.33. The lowest BCUT2D eigenvalue weighted by Crippen LogP contribution is -2.14. The minimum Gasteiger partial charge on any atom is -0.482 e. The molecule has 0 amide bonds. The molecule has 0 fully saturated rings. The molecule has 0 radical (unpaired) electrons. The van der Waals surface area contributed by atoms with Crippen LogP contribution < -0.4 is 10.5 Å². The van der Waals surface area contributed by atoms with Crippen molar-refractivity contribution < 1.29 is 14.3 Å². The van der Waals surface area contributed by atoms with Crippen LogP contribution in [0.15, 0.2) is 48.5 Å². The average molecular weight is 271 g/mol. The van der Waals surface area contributed by atoms with Crippen molar-refractivity contribution in [2.75, 3.05) is 12.3 Å². The maximum absolute atomic E-state index is 11.6. The van der Waals surface area contributed by atoms with Gasteiger partial charge in [-0.05, 0) is 24.6 Å². The SMILES string of the molecule is Cc1cccc(COC(=O)COc2cccc(N)c2)c1. The highest BCUT2D eigenvalue weighted by molar-refractivity contribution is 5.71. The molecule has 0 aliphatic heterocycles. The Bertz CT molecular complexity index is 544. The molecule has 20 heavy (non-hydrogen) atoms. The summed E-state index contributed by atoms with van der Waals surface area (Å²) in [5.74, 6) is 0.145. The molecule has 0 saturated heterocycles. The number of hydrogen-bond donors (Lipinski definition) is 1. The molecule has 0 bridgehead atoms. The van der Waals surface area contributed by atoms with Gasteiger partial charge in [-0.3, -0.25) is 0 Å². The first-order chi connectivity index (χ1) is 9.63. The monoisotopic (exact) mass is 271 g/mol. The Morgan fingerprint density at radius 1 is 1.15 bits per heavy atom. The van der Waals surface area contributed by atoms with E-state index >= 15 is 0 Å². The first kappa shape index (κ1) is 13.9. The number of nitrogens with two attached hydrogens (primary N) is 1. The average Bonchev–Trinajstić information content (AvgIpc) is 2.43. The fourth-order valence-electron chi connectivity index (χ4n) is 1.75. The van der Waals surface area contributed by atoms with Gasteiger partial charge < -0.3 is 15.2 Å². The van der Waals surface area contributed by atoms with E-state index in [0.717, 1.165) is 11.1 Å². The van der Waals surface area contributed by atoms with Gasteiger partial charge in [0, 0.05) is 11.8 Å². The molecule has 0 saturated carbocycles. The van der Waals surface area contributed by atoms with Gasteiger partial charge in [0.05, 0.1) is 0 Å². The molecule has 0 aliphatic rings. The maximum atomic E-state index is 11.6. The molecular weight excluding hydrogens is 254 g/mol. The van der Waals surface area contributed by atoms with Crippen LogP contribution in [0, 0.1) is 6.92 Å². The van der Waals surface area contributed by atoms with Crippen LogP contribution in [-0.4, -0.2) is 12.6 Å². The third-order valence-electron chi connectivity index (χ3n) is 2.70. The number of nitrogen functional groups attached to an aromatic ring is 1. The fourth-order valence-corrected chi connectivity index (χ4v) is 1.75. The standard InChI is InChI=1S/C16H17NO3/c1-12-4-2-5-13(8-12)10-20-16(18)11-19-15-7-3-6-14(17)9-15/h2-9H,10-11,17H2,1H3. The molecule has 0 unspecified atom stereocenters. The zero-order chi connectivity index (χ0) is 14.4. The summed E-state index contributed by atoms with van der Waals surface area (Å²) in [6.07, 6.45) is 0. The van der Waals surface area contributed by atoms with E-state index in [1.54, 1.807) is 24.3 Å². The Labute approximate surface area is 118 Å². The molecule has 0 atom stereocenters. The van der Waals surface area contributed by atoms with Crippen molar-refractivity contribution in [2.45, 2.75) is 13.5 Å². The highest BCUT2D eigenvalue weighted by Gasteiger charge is 2.05. The van der Waals surface area contributed by atoms with Gasteiger partial charge in [0.1, 0.15) is 12.4 Å². The quantitative estimate of drug-likeness (QED) is 0.671. The van der Waals surface area contributed by atoms with E-state index in [4.69, 9.17) is 15.2 Å². The molecule has 2 rings (SSSR count). The predicted molar refractivity (Wildman–Crippen MR) is 77.3 cm³/mol. The molecule has 2 N–H and O–H groups in total. The van der Waals surface area contributed by atoms with Crippen LogP contribution in [0.2, 0.25) is 0 Å². The summed E-state index contributed by atoms with van der Waals surface area (Å²) in [6.45, 7) is 2.12. The summed E-state index contributed by atoms with van der Waals surface area (Å²) in [6, 6.07) is 14.7. The molecular formula is C16H17NO3. The summed E-state index contributed by atoms with van der Waals surface area (Å²) >= 11 is 0. The summed E-state index contributed by atoms with van der Waals surface area (Å²) in [5.41, 5.74) is 8.31. The molecule has 4 nitrogen and oxygen atoms in total. The van der Waals surface area contributed by atoms with Gasteiger partial charge in [0.25, 0.3) is 0 Å². The Balaban J connectivity index is 1.78. The van der Waals surface area contributed by atoms with Crippen molar-refractivity contribution in [3.05, 3.63) is 59.7 Å². The lowest BCUT2D eigenvalue weighted by Gasteiger charge is -2.08. The Kier molecular flexibility index (Phi) is 4.60. The molecule has 4 heteroatoms. The van der Waals surface area contributed by atoms with Crippen LogP contribution in [0.25, 0.3) is 0 Å². The van der Waals surface area contributed by atoms with Crippen molar-refractivity contribution in [3.8, 4) is 5.75 Å². The van der Waals surface area contributed by atoms with Gasteiger partial charge in [0.2, 0.25) is 0 Å². The van der Waals surface area contributed by atoms with Gasteiger partial charge in [-0.1, -0.05) is 35.9 Å². The highest BCUT2D eigenvalue weighted by Crippen LogP contribution is 2.14. The second kappa shape index (κ2) is 6.61. The summed E-state index contributed by atoms with van der Waals surface area (Å²) in [4.78, 5) is 11.6. The van der Waals surface area contributed by atoms with Gasteiger partial charge >= 0.3 is 5.97 Å². The van der Waals surface area contributed by atoms with Crippen molar-refractivity contribution in [2.24, 2.45) is 0 Å². The van der Waals surface area contributed by atoms with Crippen LogP contribution in [0.3, 0.4) is 0 Å². The van der Waals surface area contributed by atoms with Crippen molar-refractivity contribution in [1.82, 2.24) is 0 Å². The van der Waals surface area contributed by atoms with Crippen LogP contribution >= 0.6 is 0 Å². The molecule has 0 aromatic heterocycles. The molecule has 0 spiro atoms. The Morgan fingerprint density at radius 3 is 2.70 bits per heavy atom. The minimum absolute atomic E-state index is 0.130.